The minimum atomic E-state index is -0.600. The van der Waals surface area contributed by atoms with Crippen LogP contribution in [0.2, 0.25) is 0 Å². The number of ether oxygens (including phenoxy) is 6. The molecule has 2 aliphatic rings. The largest absolute Gasteiger partial charge is 0.463 e. The molecule has 128 valence electrons. The Kier molecular flexibility index (Phi) is 5.79. The zero-order chi connectivity index (χ0) is 16.2. The smallest absolute Gasteiger partial charge is 0.308 e. The highest BCUT2D eigenvalue weighted by Crippen LogP contribution is 2.23. The highest BCUT2D eigenvalue weighted by atomic mass is 16.8. The number of hydrogen-bond donors (Lipinski definition) is 0. The first-order valence-corrected chi connectivity index (χ1v) is 7.63. The first kappa shape index (κ1) is 17.6. The second kappa shape index (κ2) is 7.23. The Morgan fingerprint density at radius 1 is 1.00 bits per heavy atom. The van der Waals surface area contributed by atoms with E-state index in [0.29, 0.717) is 26.4 Å². The molecule has 0 radical (unpaired) electrons. The van der Waals surface area contributed by atoms with E-state index in [4.69, 9.17) is 28.4 Å². The first-order chi connectivity index (χ1) is 10.3. The maximum absolute atomic E-state index is 11.6. The molecule has 7 nitrogen and oxygen atoms in total. The van der Waals surface area contributed by atoms with Crippen LogP contribution >= 0.6 is 0 Å². The number of carbonyl (C=O) groups excluding carboxylic acids is 1. The second-order valence-corrected chi connectivity index (χ2v) is 6.41. The van der Waals surface area contributed by atoms with E-state index in [1.54, 1.807) is 0 Å². The summed E-state index contributed by atoms with van der Waals surface area (Å²) < 4.78 is 32.5. The minimum absolute atomic E-state index is 0.0858. The molecule has 0 amide bonds. The van der Waals surface area contributed by atoms with Crippen molar-refractivity contribution in [3.05, 3.63) is 0 Å². The van der Waals surface area contributed by atoms with Crippen LogP contribution in [0, 0.1) is 0 Å². The molecule has 2 saturated heterocycles. The fourth-order valence-electron chi connectivity index (χ4n) is 2.32. The van der Waals surface area contributed by atoms with Crippen LogP contribution in [0.25, 0.3) is 0 Å². The molecule has 0 N–H and O–H groups in total. The Balaban J connectivity index is 1.50. The van der Waals surface area contributed by atoms with Crippen LogP contribution in [0.15, 0.2) is 0 Å². The van der Waals surface area contributed by atoms with Crippen molar-refractivity contribution in [1.29, 1.82) is 0 Å². The van der Waals surface area contributed by atoms with Gasteiger partial charge in [-0.3, -0.25) is 4.79 Å². The highest BCUT2D eigenvalue weighted by Gasteiger charge is 2.34. The molecule has 22 heavy (non-hydrogen) atoms. The summed E-state index contributed by atoms with van der Waals surface area (Å²) in [5.74, 6) is -1.46. The summed E-state index contributed by atoms with van der Waals surface area (Å²) in [6.07, 6.45) is -0.0862. The van der Waals surface area contributed by atoms with Crippen molar-refractivity contribution in [2.75, 3.05) is 33.0 Å². The summed E-state index contributed by atoms with van der Waals surface area (Å²) >= 11 is 0. The second-order valence-electron chi connectivity index (χ2n) is 6.41. The molecule has 7 heteroatoms. The number of hydrogen-bond acceptors (Lipinski definition) is 7. The van der Waals surface area contributed by atoms with Crippen molar-refractivity contribution in [2.45, 2.75) is 57.9 Å². The van der Waals surface area contributed by atoms with Gasteiger partial charge in [-0.2, -0.15) is 0 Å². The molecule has 2 rings (SSSR count). The summed E-state index contributed by atoms with van der Waals surface area (Å²) in [4.78, 5) is 11.6. The highest BCUT2D eigenvalue weighted by molar-refractivity contribution is 5.69. The van der Waals surface area contributed by atoms with Crippen molar-refractivity contribution in [3.63, 3.8) is 0 Å². The molecule has 0 bridgehead atoms. The monoisotopic (exact) mass is 318 g/mol. The third kappa shape index (κ3) is 5.81. The van der Waals surface area contributed by atoms with Crippen molar-refractivity contribution in [3.8, 4) is 0 Å². The van der Waals surface area contributed by atoms with Gasteiger partial charge in [0.2, 0.25) is 0 Å². The van der Waals surface area contributed by atoms with E-state index in [-0.39, 0.29) is 31.2 Å². The molecule has 0 saturated carbocycles. The topological polar surface area (TPSA) is 72.5 Å². The predicted molar refractivity (Wildman–Crippen MR) is 76.2 cm³/mol. The minimum Gasteiger partial charge on any atom is -0.463 e. The first-order valence-electron chi connectivity index (χ1n) is 7.63. The Morgan fingerprint density at radius 2 is 1.55 bits per heavy atom. The van der Waals surface area contributed by atoms with E-state index in [1.807, 2.05) is 27.7 Å². The lowest BCUT2D eigenvalue weighted by molar-refractivity contribution is -0.159. The van der Waals surface area contributed by atoms with Gasteiger partial charge >= 0.3 is 5.97 Å². The lowest BCUT2D eigenvalue weighted by Gasteiger charge is -2.17. The van der Waals surface area contributed by atoms with Gasteiger partial charge in [-0.05, 0) is 27.7 Å². The van der Waals surface area contributed by atoms with Crippen molar-refractivity contribution in [1.82, 2.24) is 0 Å². The Morgan fingerprint density at radius 3 is 2.05 bits per heavy atom. The molecule has 2 unspecified atom stereocenters. The van der Waals surface area contributed by atoms with Gasteiger partial charge in [-0.25, -0.2) is 0 Å². The predicted octanol–water partition coefficient (Wildman–Crippen LogP) is 1.24. The van der Waals surface area contributed by atoms with E-state index in [1.165, 1.54) is 0 Å². The molecular weight excluding hydrogens is 292 g/mol. The molecule has 0 aliphatic carbocycles. The Bertz CT molecular complexity index is 380. The normalized spacial score (nSPS) is 29.6. The molecule has 2 atom stereocenters. The van der Waals surface area contributed by atoms with Crippen LogP contribution in [-0.2, 0) is 33.2 Å². The van der Waals surface area contributed by atoms with Crippen molar-refractivity contribution in [2.24, 2.45) is 0 Å². The van der Waals surface area contributed by atoms with Crippen molar-refractivity contribution >= 4 is 5.97 Å². The van der Waals surface area contributed by atoms with Crippen LogP contribution in [0.5, 0.6) is 0 Å². The summed E-state index contributed by atoms with van der Waals surface area (Å²) in [6.45, 7) is 9.24. The maximum Gasteiger partial charge on any atom is 0.308 e. The van der Waals surface area contributed by atoms with E-state index >= 15 is 0 Å². The van der Waals surface area contributed by atoms with Gasteiger partial charge in [0, 0.05) is 0 Å². The third-order valence-electron chi connectivity index (χ3n) is 3.32. The Hall–Kier alpha value is -0.730. The third-order valence-corrected chi connectivity index (χ3v) is 3.32. The van der Waals surface area contributed by atoms with Gasteiger partial charge in [0.1, 0.15) is 18.8 Å². The number of rotatable bonds is 7. The lowest BCUT2D eigenvalue weighted by Crippen LogP contribution is -2.26. The summed E-state index contributed by atoms with van der Waals surface area (Å²) in [5, 5.41) is 0. The molecular formula is C15H26O7. The van der Waals surface area contributed by atoms with E-state index in [9.17, 15) is 4.79 Å². The fraction of sp³-hybridized carbons (Fsp3) is 0.933. The van der Waals surface area contributed by atoms with Gasteiger partial charge in [-0.1, -0.05) is 0 Å². The molecule has 0 aromatic rings. The van der Waals surface area contributed by atoms with Gasteiger partial charge < -0.3 is 28.4 Å². The van der Waals surface area contributed by atoms with Gasteiger partial charge in [-0.15, -0.1) is 0 Å². The zero-order valence-corrected chi connectivity index (χ0v) is 13.8. The summed E-state index contributed by atoms with van der Waals surface area (Å²) in [5.41, 5.74) is 0. The van der Waals surface area contributed by atoms with E-state index < -0.39 is 11.6 Å². The Labute approximate surface area is 131 Å². The quantitative estimate of drug-likeness (QED) is 0.516. The fourth-order valence-corrected chi connectivity index (χ4v) is 2.32. The summed E-state index contributed by atoms with van der Waals surface area (Å²) in [6, 6.07) is 0. The molecule has 2 aliphatic heterocycles. The molecule has 2 fully saturated rings. The lowest BCUT2D eigenvalue weighted by atomic mass is 10.4. The zero-order valence-electron chi connectivity index (χ0n) is 13.8. The number of esters is 1. The van der Waals surface area contributed by atoms with E-state index in [2.05, 4.69) is 0 Å². The molecule has 2 heterocycles. The number of carbonyl (C=O) groups is 1. The van der Waals surface area contributed by atoms with Crippen LogP contribution in [0.4, 0.5) is 0 Å². The summed E-state index contributed by atoms with van der Waals surface area (Å²) in [7, 11) is 0. The standard InChI is InChI=1S/C15H26O7/c1-14(2)19-9-11(21-14)7-17-6-5-13(16)18-8-12-10-20-15(3,4)22-12/h11-12H,5-10H2,1-4H3. The SMILES string of the molecule is CC1(C)OCC(COCCC(=O)OCC2COC(C)(C)O2)O1. The average molecular weight is 318 g/mol. The average Bonchev–Trinajstić information content (AvgIpc) is 2.94. The van der Waals surface area contributed by atoms with Gasteiger partial charge in [0.25, 0.3) is 0 Å². The van der Waals surface area contributed by atoms with Crippen LogP contribution in [0.1, 0.15) is 34.1 Å². The van der Waals surface area contributed by atoms with Gasteiger partial charge in [0.15, 0.2) is 11.6 Å². The van der Waals surface area contributed by atoms with E-state index in [0.717, 1.165) is 0 Å². The maximum atomic E-state index is 11.6. The van der Waals surface area contributed by atoms with Gasteiger partial charge in [0.05, 0.1) is 32.8 Å². The molecule has 0 aromatic heterocycles. The molecule has 0 aromatic carbocycles. The van der Waals surface area contributed by atoms with Crippen LogP contribution in [0.3, 0.4) is 0 Å². The molecule has 0 spiro atoms. The van der Waals surface area contributed by atoms with Crippen LogP contribution in [-0.4, -0.2) is 62.8 Å². The van der Waals surface area contributed by atoms with Crippen LogP contribution < -0.4 is 0 Å². The van der Waals surface area contributed by atoms with Crippen molar-refractivity contribution < 1.29 is 33.2 Å².